The summed E-state index contributed by atoms with van der Waals surface area (Å²) in [7, 11) is 1.44. The largest absolute Gasteiger partial charge is 0.496 e. The van der Waals surface area contributed by atoms with E-state index < -0.39 is 11.9 Å². The molecule has 0 saturated heterocycles. The summed E-state index contributed by atoms with van der Waals surface area (Å²) in [6.07, 6.45) is 1.21. The van der Waals surface area contributed by atoms with Gasteiger partial charge in [-0.25, -0.2) is 0 Å². The number of hydrogen-bond donors (Lipinski definition) is 4. The minimum absolute atomic E-state index is 0.0158. The molecule has 0 fully saturated rings. The second-order valence-electron chi connectivity index (χ2n) is 5.10. The number of hydrogen-bond acceptors (Lipinski definition) is 5. The van der Waals surface area contributed by atoms with Crippen molar-refractivity contribution >= 4 is 17.6 Å². The van der Waals surface area contributed by atoms with Crippen LogP contribution in [-0.2, 0) is 11.2 Å². The number of benzene rings is 1. The molecule has 0 saturated carbocycles. The predicted octanol–water partition coefficient (Wildman–Crippen LogP) is -0.713. The van der Waals surface area contributed by atoms with Crippen LogP contribution in [0.1, 0.15) is 28.8 Å². The van der Waals surface area contributed by atoms with Gasteiger partial charge >= 0.3 is 0 Å². The zero-order valence-electron chi connectivity index (χ0n) is 13.1. The zero-order chi connectivity index (χ0) is 17.4. The Balaban J connectivity index is 2.64. The fourth-order valence-corrected chi connectivity index (χ4v) is 2.07. The predicted molar refractivity (Wildman–Crippen MR) is 88.1 cm³/mol. The molecule has 0 aliphatic carbocycles. The van der Waals surface area contributed by atoms with E-state index in [1.54, 1.807) is 18.2 Å². The lowest BCUT2D eigenvalue weighted by Gasteiger charge is -2.11. The lowest BCUT2D eigenvalue weighted by atomic mass is 9.99. The first kappa shape index (κ1) is 18.4. The molecule has 0 heterocycles. The van der Waals surface area contributed by atoms with Crippen molar-refractivity contribution in [1.29, 1.82) is 0 Å². The van der Waals surface area contributed by atoms with Crippen molar-refractivity contribution in [2.45, 2.75) is 25.3 Å². The molecule has 1 rings (SSSR count). The average Bonchev–Trinajstić information content (AvgIpc) is 2.50. The highest BCUT2D eigenvalue weighted by atomic mass is 16.5. The second kappa shape index (κ2) is 8.74. The fourth-order valence-electron chi connectivity index (χ4n) is 2.07. The number of rotatable bonds is 9. The molecule has 1 aromatic rings. The zero-order valence-corrected chi connectivity index (χ0v) is 13.1. The van der Waals surface area contributed by atoms with Gasteiger partial charge in [0, 0.05) is 13.0 Å². The van der Waals surface area contributed by atoms with Crippen molar-refractivity contribution < 1.29 is 14.3 Å². The van der Waals surface area contributed by atoms with Crippen LogP contribution in [0.15, 0.2) is 23.2 Å². The number of aliphatic imine (C=N–C) groups is 1. The van der Waals surface area contributed by atoms with E-state index in [9.17, 15) is 9.59 Å². The highest BCUT2D eigenvalue weighted by Crippen LogP contribution is 2.20. The van der Waals surface area contributed by atoms with Gasteiger partial charge in [0.2, 0.25) is 0 Å². The minimum atomic E-state index is -0.613. The monoisotopic (exact) mass is 321 g/mol. The molecule has 0 aliphatic heterocycles. The van der Waals surface area contributed by atoms with Gasteiger partial charge in [0.1, 0.15) is 5.75 Å². The molecule has 1 atom stereocenters. The highest BCUT2D eigenvalue weighted by molar-refractivity contribution is 5.96. The Hall–Kier alpha value is -2.61. The molecule has 0 unspecified atom stereocenters. The maximum Gasteiger partial charge on any atom is 0.252 e. The van der Waals surface area contributed by atoms with E-state index in [-0.39, 0.29) is 23.7 Å². The number of amides is 1. The molecule has 0 aliphatic rings. The van der Waals surface area contributed by atoms with Gasteiger partial charge in [-0.15, -0.1) is 0 Å². The van der Waals surface area contributed by atoms with Gasteiger partial charge in [-0.3, -0.25) is 14.6 Å². The Kier molecular flexibility index (Phi) is 7.01. The third-order valence-corrected chi connectivity index (χ3v) is 3.29. The maximum atomic E-state index is 12.1. The molecule has 1 aromatic carbocycles. The molecule has 0 bridgehead atoms. The van der Waals surface area contributed by atoms with Crippen LogP contribution >= 0.6 is 0 Å². The van der Waals surface area contributed by atoms with Crippen molar-refractivity contribution in [2.24, 2.45) is 27.9 Å². The number of primary amides is 1. The summed E-state index contributed by atoms with van der Waals surface area (Å²) in [6, 6.07) is 4.25. The van der Waals surface area contributed by atoms with Crippen LogP contribution in [0.4, 0.5) is 0 Å². The minimum Gasteiger partial charge on any atom is -0.496 e. The maximum absolute atomic E-state index is 12.1. The average molecular weight is 321 g/mol. The smallest absolute Gasteiger partial charge is 0.252 e. The normalized spacial score (nSPS) is 11.6. The molecular formula is C15H23N5O3. The standard InChI is InChI=1S/C15H23N5O3/c1-23-13-5-4-9(7-10(13)14(17)22)8-12(21)11(16)3-2-6-20-15(18)19/h4-5,7,11H,2-3,6,8,16H2,1H3,(H2,17,22)(H4,18,19,20)/t11-/m1/s1. The number of nitrogens with zero attached hydrogens (tertiary/aromatic N) is 1. The number of methoxy groups -OCH3 is 1. The van der Waals surface area contributed by atoms with Crippen LogP contribution in [0.5, 0.6) is 5.75 Å². The number of guanidine groups is 1. The lowest BCUT2D eigenvalue weighted by Crippen LogP contribution is -2.32. The molecule has 8 heteroatoms. The van der Waals surface area contributed by atoms with Gasteiger partial charge in [-0.2, -0.15) is 0 Å². The first-order chi connectivity index (χ1) is 10.8. The van der Waals surface area contributed by atoms with E-state index in [4.69, 9.17) is 27.7 Å². The summed E-state index contributed by atoms with van der Waals surface area (Å²) in [5.41, 5.74) is 22.5. The second-order valence-corrected chi connectivity index (χ2v) is 5.10. The number of nitrogens with two attached hydrogens (primary N) is 4. The first-order valence-corrected chi connectivity index (χ1v) is 7.15. The Morgan fingerprint density at radius 3 is 2.52 bits per heavy atom. The van der Waals surface area contributed by atoms with E-state index in [1.165, 1.54) is 7.11 Å². The summed E-state index contributed by atoms with van der Waals surface area (Å²) < 4.78 is 5.06. The van der Waals surface area contributed by atoms with Crippen LogP contribution in [0.2, 0.25) is 0 Å². The van der Waals surface area contributed by atoms with E-state index >= 15 is 0 Å². The lowest BCUT2D eigenvalue weighted by molar-refractivity contribution is -0.119. The first-order valence-electron chi connectivity index (χ1n) is 7.15. The Labute approximate surface area is 134 Å². The number of Topliss-reactive ketones (excluding diaryl/α,β-unsaturated/α-hetero) is 1. The van der Waals surface area contributed by atoms with E-state index in [0.29, 0.717) is 30.7 Å². The SMILES string of the molecule is COc1ccc(CC(=O)[C@H](N)CCCN=C(N)N)cc1C(N)=O. The molecule has 8 N–H and O–H groups in total. The Bertz CT molecular complexity index is 597. The molecule has 1 amide bonds. The van der Waals surface area contributed by atoms with Gasteiger partial charge < -0.3 is 27.7 Å². The molecule has 126 valence electrons. The van der Waals surface area contributed by atoms with Crippen molar-refractivity contribution in [3.8, 4) is 5.75 Å². The Morgan fingerprint density at radius 1 is 1.26 bits per heavy atom. The summed E-state index contributed by atoms with van der Waals surface area (Å²) in [4.78, 5) is 27.3. The van der Waals surface area contributed by atoms with Gasteiger partial charge in [0.25, 0.3) is 5.91 Å². The highest BCUT2D eigenvalue weighted by Gasteiger charge is 2.16. The quantitative estimate of drug-likeness (QED) is 0.267. The van der Waals surface area contributed by atoms with Crippen LogP contribution in [0, 0.1) is 0 Å². The van der Waals surface area contributed by atoms with Gasteiger partial charge in [-0.05, 0) is 30.5 Å². The third kappa shape index (κ3) is 5.95. The topological polar surface area (TPSA) is 160 Å². The molecule has 0 radical (unpaired) electrons. The molecule has 0 aromatic heterocycles. The molecule has 23 heavy (non-hydrogen) atoms. The van der Waals surface area contributed by atoms with E-state index in [1.807, 2.05) is 0 Å². The van der Waals surface area contributed by atoms with Crippen molar-refractivity contribution in [1.82, 2.24) is 0 Å². The summed E-state index contributed by atoms with van der Waals surface area (Å²) in [5.74, 6) is -0.356. The Morgan fingerprint density at radius 2 is 1.96 bits per heavy atom. The third-order valence-electron chi connectivity index (χ3n) is 3.29. The van der Waals surface area contributed by atoms with Gasteiger partial charge in [0.15, 0.2) is 11.7 Å². The number of ether oxygens (including phenoxy) is 1. The number of carbonyl (C=O) groups excluding carboxylic acids is 2. The summed E-state index contributed by atoms with van der Waals surface area (Å²) in [6.45, 7) is 0.428. The van der Waals surface area contributed by atoms with Crippen LogP contribution < -0.4 is 27.7 Å². The molecule has 8 nitrogen and oxygen atoms in total. The van der Waals surface area contributed by atoms with Crippen LogP contribution in [0.3, 0.4) is 0 Å². The van der Waals surface area contributed by atoms with E-state index in [2.05, 4.69) is 4.99 Å². The van der Waals surface area contributed by atoms with Gasteiger partial charge in [-0.1, -0.05) is 6.07 Å². The number of ketones is 1. The van der Waals surface area contributed by atoms with Gasteiger partial charge in [0.05, 0.1) is 18.7 Å². The molecular weight excluding hydrogens is 298 g/mol. The summed E-state index contributed by atoms with van der Waals surface area (Å²) in [5, 5.41) is 0. The van der Waals surface area contributed by atoms with Crippen molar-refractivity contribution in [2.75, 3.05) is 13.7 Å². The fraction of sp³-hybridized carbons (Fsp3) is 0.400. The van der Waals surface area contributed by atoms with Crippen molar-refractivity contribution in [3.05, 3.63) is 29.3 Å². The summed E-state index contributed by atoms with van der Waals surface area (Å²) >= 11 is 0. The molecule has 0 spiro atoms. The van der Waals surface area contributed by atoms with E-state index in [0.717, 1.165) is 0 Å². The van der Waals surface area contributed by atoms with Crippen LogP contribution in [-0.4, -0.2) is 37.3 Å². The van der Waals surface area contributed by atoms with Crippen LogP contribution in [0.25, 0.3) is 0 Å². The van der Waals surface area contributed by atoms with Crippen molar-refractivity contribution in [3.63, 3.8) is 0 Å². The number of carbonyl (C=O) groups is 2.